The number of carbonyl (C=O) groups excluding carboxylic acids is 1. The molecule has 202 valence electrons. The van der Waals surface area contributed by atoms with Crippen LogP contribution in [0.5, 0.6) is 5.75 Å². The maximum absolute atomic E-state index is 13.2. The van der Waals surface area contributed by atoms with E-state index in [1.165, 1.54) is 5.56 Å². The molecule has 10 heteroatoms. The van der Waals surface area contributed by atoms with E-state index in [0.29, 0.717) is 35.2 Å². The van der Waals surface area contributed by atoms with E-state index in [1.54, 1.807) is 17.1 Å². The fourth-order valence-electron chi connectivity index (χ4n) is 4.50. The van der Waals surface area contributed by atoms with Crippen LogP contribution in [0.1, 0.15) is 41.4 Å². The first-order valence-electron chi connectivity index (χ1n) is 12.7. The topological polar surface area (TPSA) is 112 Å². The number of rotatable bonds is 9. The number of pyridine rings is 1. The zero-order valence-corrected chi connectivity index (χ0v) is 22.8. The Morgan fingerprint density at radius 1 is 1.00 bits per heavy atom. The van der Waals surface area contributed by atoms with Crippen LogP contribution < -0.4 is 10.1 Å². The maximum atomic E-state index is 13.2. The quantitative estimate of drug-likeness (QED) is 0.310. The predicted molar refractivity (Wildman–Crippen MR) is 148 cm³/mol. The van der Waals surface area contributed by atoms with Gasteiger partial charge in [-0.05, 0) is 46.9 Å². The van der Waals surface area contributed by atoms with E-state index in [0.717, 1.165) is 22.9 Å². The zero-order valence-electron chi connectivity index (χ0n) is 22.0. The van der Waals surface area contributed by atoms with Gasteiger partial charge in [-0.15, -0.1) is 0 Å². The Hall–Kier alpha value is -4.02. The summed E-state index contributed by atoms with van der Waals surface area (Å²) in [5.41, 5.74) is 5.69. The summed E-state index contributed by atoms with van der Waals surface area (Å²) in [5, 5.41) is 7.61. The molecule has 1 aliphatic rings. The number of hydrogen-bond acceptors (Lipinski definition) is 7. The Morgan fingerprint density at radius 3 is 2.33 bits per heavy atom. The lowest BCUT2D eigenvalue weighted by Gasteiger charge is -2.24. The van der Waals surface area contributed by atoms with Gasteiger partial charge in [0, 0.05) is 23.5 Å². The predicted octanol–water partition coefficient (Wildman–Crippen LogP) is 4.40. The second-order valence-electron chi connectivity index (χ2n) is 9.86. The highest BCUT2D eigenvalue weighted by Crippen LogP contribution is 2.36. The van der Waals surface area contributed by atoms with Crippen LogP contribution in [-0.2, 0) is 27.5 Å². The first-order chi connectivity index (χ1) is 18.7. The Balaban J connectivity index is 1.41. The summed E-state index contributed by atoms with van der Waals surface area (Å²) in [6, 6.07) is 19.1. The van der Waals surface area contributed by atoms with Crippen molar-refractivity contribution in [1.82, 2.24) is 20.1 Å². The van der Waals surface area contributed by atoms with Crippen LogP contribution in [0, 0.1) is 0 Å². The Bertz CT molecular complexity index is 1560. The average Bonchev–Trinajstić information content (AvgIpc) is 3.31. The van der Waals surface area contributed by atoms with Gasteiger partial charge in [-0.2, -0.15) is 13.5 Å². The van der Waals surface area contributed by atoms with Crippen LogP contribution in [-0.4, -0.2) is 48.0 Å². The van der Waals surface area contributed by atoms with Crippen LogP contribution >= 0.6 is 0 Å². The van der Waals surface area contributed by atoms with Gasteiger partial charge in [-0.1, -0.05) is 50.2 Å². The molecule has 0 bridgehead atoms. The lowest BCUT2D eigenvalue weighted by molar-refractivity contribution is 0.0873. The largest absolute Gasteiger partial charge is 0.489 e. The van der Waals surface area contributed by atoms with Crippen molar-refractivity contribution in [2.45, 2.75) is 39.0 Å². The average molecular weight is 547 g/mol. The van der Waals surface area contributed by atoms with Crippen LogP contribution in [0.4, 0.5) is 0 Å². The normalized spacial score (nSPS) is 15.2. The maximum Gasteiger partial charge on any atom is 0.270 e. The second kappa shape index (κ2) is 11.0. The lowest BCUT2D eigenvalue weighted by Crippen LogP contribution is -2.47. The van der Waals surface area contributed by atoms with E-state index < -0.39 is 16.2 Å². The highest BCUT2D eigenvalue weighted by Gasteiger charge is 2.32. The third kappa shape index (κ3) is 6.18. The van der Waals surface area contributed by atoms with Gasteiger partial charge in [0.25, 0.3) is 16.0 Å². The van der Waals surface area contributed by atoms with Crippen LogP contribution in [0.2, 0.25) is 0 Å². The standard InChI is InChI=1S/C29H30N4O5S/c1-19(2)21-6-4-20(5-7-21)17-37-25-10-8-22(9-11-25)26-27(23-12-14-30-15-13-23)32-33-16-24(18-38-39(3,35)36)31-29(34)28(26)33/h4-15,19,24H,16-18H2,1-3H3,(H,31,34). The summed E-state index contributed by atoms with van der Waals surface area (Å²) in [7, 11) is -3.64. The molecule has 3 heterocycles. The molecule has 0 saturated heterocycles. The number of carbonyl (C=O) groups is 1. The third-order valence-electron chi connectivity index (χ3n) is 6.53. The molecule has 39 heavy (non-hydrogen) atoms. The van der Waals surface area contributed by atoms with Gasteiger partial charge < -0.3 is 10.1 Å². The van der Waals surface area contributed by atoms with E-state index in [9.17, 15) is 13.2 Å². The monoisotopic (exact) mass is 546 g/mol. The molecule has 9 nitrogen and oxygen atoms in total. The van der Waals surface area contributed by atoms with Crippen LogP contribution in [0.15, 0.2) is 73.1 Å². The van der Waals surface area contributed by atoms with Crippen molar-refractivity contribution in [3.05, 3.63) is 89.9 Å². The van der Waals surface area contributed by atoms with Crippen molar-refractivity contribution in [1.29, 1.82) is 0 Å². The minimum absolute atomic E-state index is 0.171. The molecular formula is C29H30N4O5S. The molecule has 0 spiro atoms. The van der Waals surface area contributed by atoms with Crippen molar-refractivity contribution < 1.29 is 22.1 Å². The molecule has 1 amide bonds. The number of aromatic nitrogens is 3. The zero-order chi connectivity index (χ0) is 27.6. The van der Waals surface area contributed by atoms with E-state index in [1.807, 2.05) is 36.4 Å². The molecule has 0 fully saturated rings. The van der Waals surface area contributed by atoms with E-state index in [2.05, 4.69) is 48.4 Å². The van der Waals surface area contributed by atoms with Gasteiger partial charge >= 0.3 is 0 Å². The summed E-state index contributed by atoms with van der Waals surface area (Å²) in [6.07, 6.45) is 4.32. The van der Waals surface area contributed by atoms with E-state index in [4.69, 9.17) is 14.0 Å². The van der Waals surface area contributed by atoms with Gasteiger partial charge in [-0.25, -0.2) is 0 Å². The molecule has 1 unspecified atom stereocenters. The molecule has 2 aromatic heterocycles. The van der Waals surface area contributed by atoms with Gasteiger partial charge in [-0.3, -0.25) is 18.6 Å². The SMILES string of the molecule is CC(C)c1ccc(COc2ccc(-c3c(-c4ccncc4)nn4c3C(=O)NC(COS(C)(=O)=O)C4)cc2)cc1. The molecule has 1 aliphatic heterocycles. The number of ether oxygens (including phenoxy) is 1. The van der Waals surface area contributed by atoms with Crippen molar-refractivity contribution in [3.8, 4) is 28.1 Å². The lowest BCUT2D eigenvalue weighted by atomic mass is 9.98. The Morgan fingerprint density at radius 2 is 1.69 bits per heavy atom. The summed E-state index contributed by atoms with van der Waals surface area (Å²) in [6.45, 7) is 4.88. The van der Waals surface area contributed by atoms with Gasteiger partial charge in [0.15, 0.2) is 0 Å². The highest BCUT2D eigenvalue weighted by molar-refractivity contribution is 7.85. The summed E-state index contributed by atoms with van der Waals surface area (Å²) < 4.78 is 35.4. The highest BCUT2D eigenvalue weighted by atomic mass is 32.2. The molecule has 0 aliphatic carbocycles. The third-order valence-corrected chi connectivity index (χ3v) is 7.09. The van der Waals surface area contributed by atoms with Gasteiger partial charge in [0.2, 0.25) is 0 Å². The van der Waals surface area contributed by atoms with Crippen LogP contribution in [0.25, 0.3) is 22.4 Å². The number of fused-ring (bicyclic) bond motifs is 1. The summed E-state index contributed by atoms with van der Waals surface area (Å²) in [5.74, 6) is 0.838. The molecule has 5 rings (SSSR count). The molecule has 0 radical (unpaired) electrons. The number of amides is 1. The van der Waals surface area contributed by atoms with E-state index >= 15 is 0 Å². The van der Waals surface area contributed by atoms with Crippen LogP contribution in [0.3, 0.4) is 0 Å². The molecule has 1 atom stereocenters. The summed E-state index contributed by atoms with van der Waals surface area (Å²) >= 11 is 0. The van der Waals surface area contributed by atoms with E-state index in [-0.39, 0.29) is 19.1 Å². The van der Waals surface area contributed by atoms with Crippen molar-refractivity contribution >= 4 is 16.0 Å². The van der Waals surface area contributed by atoms with Gasteiger partial charge in [0.1, 0.15) is 23.7 Å². The van der Waals surface area contributed by atoms with Gasteiger partial charge in [0.05, 0.1) is 25.4 Å². The van der Waals surface area contributed by atoms with Crippen molar-refractivity contribution in [2.24, 2.45) is 0 Å². The number of nitrogens with zero attached hydrogens (tertiary/aromatic N) is 3. The first-order valence-corrected chi connectivity index (χ1v) is 14.5. The molecule has 0 saturated carbocycles. The minimum atomic E-state index is -3.64. The number of nitrogens with one attached hydrogen (secondary N) is 1. The molecule has 4 aromatic rings. The van der Waals surface area contributed by atoms with Crippen molar-refractivity contribution in [2.75, 3.05) is 12.9 Å². The Kier molecular flexibility index (Phi) is 7.49. The smallest absolute Gasteiger partial charge is 0.270 e. The first kappa shape index (κ1) is 26.6. The fraction of sp³-hybridized carbons (Fsp3) is 0.276. The fourth-order valence-corrected chi connectivity index (χ4v) is 4.91. The molecule has 2 aromatic carbocycles. The number of benzene rings is 2. The number of hydrogen-bond donors (Lipinski definition) is 1. The Labute approximate surface area is 227 Å². The minimum Gasteiger partial charge on any atom is -0.489 e. The molecular weight excluding hydrogens is 516 g/mol. The summed E-state index contributed by atoms with van der Waals surface area (Å²) in [4.78, 5) is 17.3. The second-order valence-corrected chi connectivity index (χ2v) is 11.5. The molecule has 1 N–H and O–H groups in total. The van der Waals surface area contributed by atoms with Crippen molar-refractivity contribution in [3.63, 3.8) is 0 Å².